The summed E-state index contributed by atoms with van der Waals surface area (Å²) in [6, 6.07) is 6.78. The van der Waals surface area contributed by atoms with Crippen molar-refractivity contribution in [1.82, 2.24) is 0 Å². The third-order valence-corrected chi connectivity index (χ3v) is 2.82. The van der Waals surface area contributed by atoms with Crippen LogP contribution in [0.25, 0.3) is 0 Å². The van der Waals surface area contributed by atoms with E-state index in [-0.39, 0.29) is 5.97 Å². The summed E-state index contributed by atoms with van der Waals surface area (Å²) in [6.07, 6.45) is 1.98. The van der Waals surface area contributed by atoms with Gasteiger partial charge in [0, 0.05) is 5.02 Å². The van der Waals surface area contributed by atoms with Gasteiger partial charge in [-0.15, -0.1) is 0 Å². The van der Waals surface area contributed by atoms with Crippen molar-refractivity contribution < 1.29 is 9.53 Å². The summed E-state index contributed by atoms with van der Waals surface area (Å²) in [4.78, 5) is 11.5. The lowest BCUT2D eigenvalue weighted by molar-refractivity contribution is 0.0500. The Morgan fingerprint density at radius 1 is 1.40 bits per heavy atom. The van der Waals surface area contributed by atoms with Gasteiger partial charge in [-0.05, 0) is 35.5 Å². The van der Waals surface area contributed by atoms with Crippen molar-refractivity contribution in [2.45, 2.75) is 12.8 Å². The summed E-state index contributed by atoms with van der Waals surface area (Å²) in [5.41, 5.74) is 0.511. The molecule has 2 nitrogen and oxygen atoms in total. The summed E-state index contributed by atoms with van der Waals surface area (Å²) < 4.78 is 6.17. The van der Waals surface area contributed by atoms with E-state index in [1.54, 1.807) is 24.3 Å². The van der Waals surface area contributed by atoms with Crippen LogP contribution in [0.4, 0.5) is 0 Å². The first-order chi connectivity index (χ1) is 7.24. The van der Waals surface area contributed by atoms with E-state index < -0.39 is 0 Å². The SMILES string of the molecule is O=C(OCCCCI)c1cccc(Cl)c1. The molecule has 0 amide bonds. The number of ether oxygens (including phenoxy) is 1. The van der Waals surface area contributed by atoms with Crippen LogP contribution < -0.4 is 0 Å². The van der Waals surface area contributed by atoms with E-state index in [1.807, 2.05) is 0 Å². The highest BCUT2D eigenvalue weighted by atomic mass is 127. The molecule has 0 radical (unpaired) electrons. The molecule has 1 aromatic rings. The number of alkyl halides is 1. The van der Waals surface area contributed by atoms with Gasteiger partial charge in [0.1, 0.15) is 0 Å². The first-order valence-electron chi connectivity index (χ1n) is 4.72. The van der Waals surface area contributed by atoms with Gasteiger partial charge in [-0.3, -0.25) is 0 Å². The van der Waals surface area contributed by atoms with Gasteiger partial charge in [-0.1, -0.05) is 40.3 Å². The highest BCUT2D eigenvalue weighted by Crippen LogP contribution is 2.11. The lowest BCUT2D eigenvalue weighted by atomic mass is 10.2. The van der Waals surface area contributed by atoms with Gasteiger partial charge in [0.15, 0.2) is 0 Å². The Morgan fingerprint density at radius 2 is 2.20 bits per heavy atom. The van der Waals surface area contributed by atoms with Crippen molar-refractivity contribution in [3.63, 3.8) is 0 Å². The van der Waals surface area contributed by atoms with Crippen molar-refractivity contribution in [3.05, 3.63) is 34.9 Å². The molecule has 0 aliphatic heterocycles. The Hall–Kier alpha value is -0.290. The van der Waals surface area contributed by atoms with Crippen LogP contribution >= 0.6 is 34.2 Å². The summed E-state index contributed by atoms with van der Waals surface area (Å²) in [5.74, 6) is -0.300. The minimum atomic E-state index is -0.300. The Morgan fingerprint density at radius 3 is 2.87 bits per heavy atom. The number of carbonyl (C=O) groups is 1. The molecule has 0 spiro atoms. The molecule has 0 heterocycles. The Bertz CT molecular complexity index is 328. The van der Waals surface area contributed by atoms with E-state index in [9.17, 15) is 4.79 Å². The normalized spacial score (nSPS) is 10.0. The second-order valence-corrected chi connectivity index (χ2v) is 4.56. The zero-order chi connectivity index (χ0) is 11.1. The lowest BCUT2D eigenvalue weighted by Gasteiger charge is -2.03. The van der Waals surface area contributed by atoms with Crippen LogP contribution in [-0.2, 0) is 4.74 Å². The first kappa shape index (κ1) is 12.8. The van der Waals surface area contributed by atoms with Gasteiger partial charge in [-0.2, -0.15) is 0 Å². The number of halogens is 2. The number of hydrogen-bond acceptors (Lipinski definition) is 2. The number of hydrogen-bond donors (Lipinski definition) is 0. The van der Waals surface area contributed by atoms with Crippen LogP contribution in [0.5, 0.6) is 0 Å². The monoisotopic (exact) mass is 338 g/mol. The van der Waals surface area contributed by atoms with Crippen LogP contribution in [-0.4, -0.2) is 17.0 Å². The maximum Gasteiger partial charge on any atom is 0.338 e. The van der Waals surface area contributed by atoms with Crippen LogP contribution in [0.15, 0.2) is 24.3 Å². The fourth-order valence-corrected chi connectivity index (χ4v) is 1.79. The van der Waals surface area contributed by atoms with Gasteiger partial charge in [0.2, 0.25) is 0 Å². The summed E-state index contributed by atoms with van der Waals surface area (Å²) in [7, 11) is 0. The van der Waals surface area contributed by atoms with Crippen molar-refractivity contribution in [2.75, 3.05) is 11.0 Å². The predicted octanol–water partition coefficient (Wildman–Crippen LogP) is 3.71. The fourth-order valence-electron chi connectivity index (χ4n) is 1.06. The molecule has 0 atom stereocenters. The third kappa shape index (κ3) is 4.84. The molecule has 0 fully saturated rings. The standard InChI is InChI=1S/C11H12ClIO2/c12-10-5-3-4-9(8-10)11(14)15-7-2-1-6-13/h3-5,8H,1-2,6-7H2. The van der Waals surface area contributed by atoms with Crippen LogP contribution in [0.1, 0.15) is 23.2 Å². The maximum atomic E-state index is 11.5. The third-order valence-electron chi connectivity index (χ3n) is 1.82. The van der Waals surface area contributed by atoms with Gasteiger partial charge in [0.25, 0.3) is 0 Å². The van der Waals surface area contributed by atoms with Crippen molar-refractivity contribution in [3.8, 4) is 0 Å². The quantitative estimate of drug-likeness (QED) is 0.354. The molecule has 0 aliphatic carbocycles. The van der Waals surface area contributed by atoms with E-state index in [0.29, 0.717) is 17.2 Å². The van der Waals surface area contributed by atoms with E-state index in [4.69, 9.17) is 16.3 Å². The Balaban J connectivity index is 2.40. The Labute approximate surface area is 108 Å². The van der Waals surface area contributed by atoms with Crippen molar-refractivity contribution in [1.29, 1.82) is 0 Å². The average molecular weight is 339 g/mol. The first-order valence-corrected chi connectivity index (χ1v) is 6.63. The summed E-state index contributed by atoms with van der Waals surface area (Å²) in [5, 5.41) is 0.553. The van der Waals surface area contributed by atoms with Gasteiger partial charge in [0.05, 0.1) is 12.2 Å². The second kappa shape index (κ2) is 7.06. The number of esters is 1. The molecule has 15 heavy (non-hydrogen) atoms. The molecular formula is C11H12ClIO2. The van der Waals surface area contributed by atoms with Crippen LogP contribution in [0, 0.1) is 0 Å². The van der Waals surface area contributed by atoms with Crippen LogP contribution in [0.3, 0.4) is 0 Å². The molecule has 0 saturated heterocycles. The lowest BCUT2D eigenvalue weighted by Crippen LogP contribution is -2.06. The minimum absolute atomic E-state index is 0.300. The maximum absolute atomic E-state index is 11.5. The molecule has 0 aliphatic rings. The summed E-state index contributed by atoms with van der Waals surface area (Å²) >= 11 is 8.07. The van der Waals surface area contributed by atoms with Crippen molar-refractivity contribution >= 4 is 40.2 Å². The Kier molecular flexibility index (Phi) is 6.02. The topological polar surface area (TPSA) is 26.3 Å². The molecule has 0 unspecified atom stereocenters. The number of rotatable bonds is 5. The van der Waals surface area contributed by atoms with Gasteiger partial charge < -0.3 is 4.74 Å². The molecular weight excluding hydrogens is 326 g/mol. The zero-order valence-electron chi connectivity index (χ0n) is 8.21. The fraction of sp³-hybridized carbons (Fsp3) is 0.364. The smallest absolute Gasteiger partial charge is 0.338 e. The van der Waals surface area contributed by atoms with Gasteiger partial charge >= 0.3 is 5.97 Å². The summed E-state index contributed by atoms with van der Waals surface area (Å²) in [6.45, 7) is 0.481. The number of benzene rings is 1. The van der Waals surface area contributed by atoms with Gasteiger partial charge in [-0.25, -0.2) is 4.79 Å². The minimum Gasteiger partial charge on any atom is -0.462 e. The predicted molar refractivity (Wildman–Crippen MR) is 69.9 cm³/mol. The molecule has 82 valence electrons. The molecule has 1 rings (SSSR count). The van der Waals surface area contributed by atoms with E-state index >= 15 is 0 Å². The second-order valence-electron chi connectivity index (χ2n) is 3.04. The van der Waals surface area contributed by atoms with E-state index in [1.165, 1.54) is 0 Å². The largest absolute Gasteiger partial charge is 0.462 e. The van der Waals surface area contributed by atoms with Crippen LogP contribution in [0.2, 0.25) is 5.02 Å². The molecule has 4 heteroatoms. The molecule has 1 aromatic carbocycles. The average Bonchev–Trinajstić information content (AvgIpc) is 2.24. The molecule has 0 aromatic heterocycles. The van der Waals surface area contributed by atoms with E-state index in [0.717, 1.165) is 17.3 Å². The number of unbranched alkanes of at least 4 members (excludes halogenated alkanes) is 1. The molecule has 0 bridgehead atoms. The molecule has 0 saturated carbocycles. The van der Waals surface area contributed by atoms with E-state index in [2.05, 4.69) is 22.6 Å². The van der Waals surface area contributed by atoms with Crippen molar-refractivity contribution in [2.24, 2.45) is 0 Å². The zero-order valence-corrected chi connectivity index (χ0v) is 11.1. The highest BCUT2D eigenvalue weighted by Gasteiger charge is 2.06. The highest BCUT2D eigenvalue weighted by molar-refractivity contribution is 14.1. The number of carbonyl (C=O) groups excluding carboxylic acids is 1. The molecule has 0 N–H and O–H groups in total.